The van der Waals surface area contributed by atoms with Gasteiger partial charge in [0, 0.05) is 9.15 Å². The van der Waals surface area contributed by atoms with Gasteiger partial charge in [-0.3, -0.25) is 0 Å². The fourth-order valence-corrected chi connectivity index (χ4v) is 1.54. The van der Waals surface area contributed by atoms with Crippen molar-refractivity contribution in [2.45, 2.75) is 6.04 Å². The highest BCUT2D eigenvalue weighted by molar-refractivity contribution is 14.1. The smallest absolute Gasteiger partial charge is 0.116 e. The topological polar surface area (TPSA) is 24.7 Å². The van der Waals surface area contributed by atoms with Crippen molar-refractivity contribution in [1.29, 1.82) is 0 Å². The van der Waals surface area contributed by atoms with E-state index in [4.69, 9.17) is 0 Å². The predicted molar refractivity (Wildman–Crippen MR) is 48.0 cm³/mol. The Morgan fingerprint density at radius 1 is 1.50 bits per heavy atom. The van der Waals surface area contributed by atoms with Crippen LogP contribution in [0, 0.1) is 0 Å². The fourth-order valence-electron chi connectivity index (χ4n) is 0.978. The molecule has 3 heteroatoms. The van der Waals surface area contributed by atoms with Crippen molar-refractivity contribution in [2.24, 2.45) is 10.2 Å². The van der Waals surface area contributed by atoms with Gasteiger partial charge in [-0.15, -0.1) is 0 Å². The number of allylic oxidation sites excluding steroid dienone is 2. The summed E-state index contributed by atoms with van der Waals surface area (Å²) in [6.45, 7) is 0. The van der Waals surface area contributed by atoms with Gasteiger partial charge in [-0.1, -0.05) is 12.2 Å². The summed E-state index contributed by atoms with van der Waals surface area (Å²) in [5, 5.41) is 7.82. The van der Waals surface area contributed by atoms with Gasteiger partial charge in [0.05, 0.1) is 6.20 Å². The lowest BCUT2D eigenvalue weighted by Crippen LogP contribution is -2.01. The fraction of sp³-hybridized carbons (Fsp3) is 0.143. The molecule has 10 heavy (non-hydrogen) atoms. The zero-order valence-electron chi connectivity index (χ0n) is 5.16. The van der Waals surface area contributed by atoms with Crippen LogP contribution in [0.25, 0.3) is 0 Å². The van der Waals surface area contributed by atoms with E-state index in [2.05, 4.69) is 51.0 Å². The van der Waals surface area contributed by atoms with Crippen LogP contribution >= 0.6 is 22.6 Å². The van der Waals surface area contributed by atoms with Crippen LogP contribution < -0.4 is 0 Å². The maximum atomic E-state index is 3.99. The summed E-state index contributed by atoms with van der Waals surface area (Å²) in [5.41, 5.74) is 1.20. The second-order valence-corrected chi connectivity index (χ2v) is 3.44. The van der Waals surface area contributed by atoms with Gasteiger partial charge in [-0.2, -0.15) is 10.2 Å². The zero-order chi connectivity index (χ0) is 6.97. The first-order chi connectivity index (χ1) is 4.86. The quantitative estimate of drug-likeness (QED) is 0.585. The summed E-state index contributed by atoms with van der Waals surface area (Å²) >= 11 is 2.28. The Bertz CT molecular complexity index is 273. The molecule has 1 aliphatic heterocycles. The van der Waals surface area contributed by atoms with Crippen LogP contribution in [0.3, 0.4) is 0 Å². The molecule has 0 amide bonds. The third kappa shape index (κ3) is 0.941. The first kappa shape index (κ1) is 6.27. The highest BCUT2D eigenvalue weighted by Crippen LogP contribution is 2.26. The van der Waals surface area contributed by atoms with Crippen LogP contribution in [-0.2, 0) is 0 Å². The number of hydrogen-bond donors (Lipinski definition) is 0. The average Bonchev–Trinajstić information content (AvgIpc) is 2.33. The van der Waals surface area contributed by atoms with Crippen molar-refractivity contribution in [2.75, 3.05) is 0 Å². The van der Waals surface area contributed by atoms with E-state index < -0.39 is 0 Å². The van der Waals surface area contributed by atoms with E-state index in [1.807, 2.05) is 6.20 Å². The van der Waals surface area contributed by atoms with Crippen LogP contribution in [0.2, 0.25) is 0 Å². The molecule has 0 spiro atoms. The molecule has 0 fully saturated rings. The van der Waals surface area contributed by atoms with Gasteiger partial charge >= 0.3 is 0 Å². The van der Waals surface area contributed by atoms with Gasteiger partial charge in [0.1, 0.15) is 6.04 Å². The Labute approximate surface area is 72.6 Å². The van der Waals surface area contributed by atoms with Gasteiger partial charge in [-0.05, 0) is 28.7 Å². The molecule has 0 aromatic rings. The van der Waals surface area contributed by atoms with E-state index in [0.29, 0.717) is 0 Å². The molecule has 0 saturated carbocycles. The van der Waals surface area contributed by atoms with E-state index >= 15 is 0 Å². The maximum absolute atomic E-state index is 3.99. The normalized spacial score (nSPS) is 27.9. The molecule has 0 N–H and O–H groups in total. The molecular weight excluding hydrogens is 239 g/mol. The number of hydrogen-bond acceptors (Lipinski definition) is 2. The molecule has 1 aliphatic carbocycles. The van der Waals surface area contributed by atoms with Crippen molar-refractivity contribution in [3.05, 3.63) is 33.6 Å². The summed E-state index contributed by atoms with van der Waals surface area (Å²) < 4.78 is 1.24. The van der Waals surface area contributed by atoms with E-state index in [0.717, 1.165) is 0 Å². The van der Waals surface area contributed by atoms with Crippen molar-refractivity contribution in [3.8, 4) is 0 Å². The molecule has 1 atom stereocenters. The number of rotatable bonds is 0. The Hall–Kier alpha value is -0.450. The van der Waals surface area contributed by atoms with Gasteiger partial charge < -0.3 is 0 Å². The summed E-state index contributed by atoms with van der Waals surface area (Å²) in [6.07, 6.45) is 8.04. The lowest BCUT2D eigenvalue weighted by molar-refractivity contribution is 0.945. The molecule has 0 saturated heterocycles. The third-order valence-electron chi connectivity index (χ3n) is 1.48. The summed E-state index contributed by atoms with van der Waals surface area (Å²) in [7, 11) is 0. The van der Waals surface area contributed by atoms with Gasteiger partial charge in [0.25, 0.3) is 0 Å². The van der Waals surface area contributed by atoms with Gasteiger partial charge in [0.15, 0.2) is 0 Å². The molecule has 0 bridgehead atoms. The minimum Gasteiger partial charge on any atom is -0.177 e. The second kappa shape index (κ2) is 2.30. The highest BCUT2D eigenvalue weighted by Gasteiger charge is 2.15. The maximum Gasteiger partial charge on any atom is 0.116 e. The van der Waals surface area contributed by atoms with Crippen molar-refractivity contribution < 1.29 is 0 Å². The number of azo groups is 1. The van der Waals surface area contributed by atoms with E-state index in [9.17, 15) is 0 Å². The largest absolute Gasteiger partial charge is 0.177 e. The molecule has 0 aromatic carbocycles. The van der Waals surface area contributed by atoms with Crippen LogP contribution in [-0.4, -0.2) is 6.04 Å². The summed E-state index contributed by atoms with van der Waals surface area (Å²) in [5.74, 6) is 0. The van der Waals surface area contributed by atoms with Crippen LogP contribution in [0.15, 0.2) is 43.8 Å². The molecular formula is C7H5IN2. The highest BCUT2D eigenvalue weighted by atomic mass is 127. The van der Waals surface area contributed by atoms with Crippen molar-refractivity contribution in [3.63, 3.8) is 0 Å². The third-order valence-corrected chi connectivity index (χ3v) is 2.15. The molecule has 2 aliphatic rings. The van der Waals surface area contributed by atoms with Crippen LogP contribution in [0.4, 0.5) is 0 Å². The number of nitrogens with zero attached hydrogens (tertiary/aromatic N) is 2. The van der Waals surface area contributed by atoms with E-state index in [1.54, 1.807) is 0 Å². The predicted octanol–water partition coefficient (Wildman–Crippen LogP) is 2.59. The van der Waals surface area contributed by atoms with Crippen LogP contribution in [0.1, 0.15) is 0 Å². The summed E-state index contributed by atoms with van der Waals surface area (Å²) in [4.78, 5) is 0. The van der Waals surface area contributed by atoms with Gasteiger partial charge in [0.2, 0.25) is 0 Å². The van der Waals surface area contributed by atoms with E-state index in [-0.39, 0.29) is 6.04 Å². The van der Waals surface area contributed by atoms with E-state index in [1.165, 1.54) is 9.15 Å². The Balaban J connectivity index is 2.39. The Morgan fingerprint density at radius 2 is 2.40 bits per heavy atom. The molecule has 2 rings (SSSR count). The van der Waals surface area contributed by atoms with Gasteiger partial charge in [-0.25, -0.2) is 0 Å². The molecule has 1 heterocycles. The molecule has 0 aromatic heterocycles. The first-order valence-corrected chi connectivity index (χ1v) is 4.09. The SMILES string of the molecule is IC1=CC2=CN=N[C@H]2C=C1. The standard InChI is InChI=1S/C7H5IN2/c8-6-1-2-7-5(3-6)4-9-10-7/h1-4,7H/t7-/m0/s1. The molecule has 0 unspecified atom stereocenters. The monoisotopic (exact) mass is 244 g/mol. The first-order valence-electron chi connectivity index (χ1n) is 3.02. The average molecular weight is 244 g/mol. The van der Waals surface area contributed by atoms with Crippen molar-refractivity contribution >= 4 is 22.6 Å². The molecule has 50 valence electrons. The number of fused-ring (bicyclic) bond motifs is 1. The molecule has 2 nitrogen and oxygen atoms in total. The Morgan fingerprint density at radius 3 is 3.30 bits per heavy atom. The summed E-state index contributed by atoms with van der Waals surface area (Å²) in [6, 6.07) is 0.207. The Kier molecular flexibility index (Phi) is 1.44. The minimum atomic E-state index is 0.207. The van der Waals surface area contributed by atoms with Crippen LogP contribution in [0.5, 0.6) is 0 Å². The zero-order valence-corrected chi connectivity index (χ0v) is 7.32. The lowest BCUT2D eigenvalue weighted by atomic mass is 10.1. The molecule has 0 radical (unpaired) electrons. The number of halogens is 1. The minimum absolute atomic E-state index is 0.207. The lowest BCUT2D eigenvalue weighted by Gasteiger charge is -2.06. The second-order valence-electron chi connectivity index (χ2n) is 2.19. The van der Waals surface area contributed by atoms with Crippen molar-refractivity contribution in [1.82, 2.24) is 0 Å².